The molecular formula is C38H43N2O7+. The monoisotopic (exact) mass is 639 g/mol. The average molecular weight is 640 g/mol. The van der Waals surface area contributed by atoms with Gasteiger partial charge in [0.15, 0.2) is 40.5 Å². The molecule has 8 rings (SSSR count). The highest BCUT2D eigenvalue weighted by molar-refractivity contribution is 5.63. The highest BCUT2D eigenvalue weighted by Crippen LogP contribution is 2.53. The molecule has 9 nitrogen and oxygen atoms in total. The predicted molar refractivity (Wildman–Crippen MR) is 178 cm³/mol. The summed E-state index contributed by atoms with van der Waals surface area (Å²) in [5, 5.41) is 12.0. The fourth-order valence-corrected chi connectivity index (χ4v) is 7.42. The summed E-state index contributed by atoms with van der Waals surface area (Å²) in [5.41, 5.74) is 6.55. The molecule has 0 saturated carbocycles. The van der Waals surface area contributed by atoms with Crippen LogP contribution < -0.4 is 28.4 Å². The highest BCUT2D eigenvalue weighted by atomic mass is 16.6. The topological polar surface area (TPSA) is 78.9 Å². The maximum atomic E-state index is 12.0. The van der Waals surface area contributed by atoms with Crippen molar-refractivity contribution >= 4 is 0 Å². The van der Waals surface area contributed by atoms with Crippen molar-refractivity contribution in [2.45, 2.75) is 37.8 Å². The van der Waals surface area contributed by atoms with E-state index in [0.717, 1.165) is 41.8 Å². The lowest BCUT2D eigenvalue weighted by atomic mass is 9.86. The van der Waals surface area contributed by atoms with Gasteiger partial charge in [0.25, 0.3) is 0 Å². The minimum absolute atomic E-state index is 0.126. The smallest absolute Gasteiger partial charge is 0.204 e. The van der Waals surface area contributed by atoms with Gasteiger partial charge in [-0.3, -0.25) is 4.90 Å². The van der Waals surface area contributed by atoms with E-state index in [1.807, 2.05) is 43.4 Å². The van der Waals surface area contributed by atoms with E-state index in [-0.39, 0.29) is 10.7 Å². The van der Waals surface area contributed by atoms with E-state index < -0.39 is 6.04 Å². The number of methoxy groups -OCH3 is 4. The Morgan fingerprint density at radius 3 is 2.17 bits per heavy atom. The fourth-order valence-electron chi connectivity index (χ4n) is 7.42. The van der Waals surface area contributed by atoms with Gasteiger partial charge in [-0.25, -0.2) is 5.21 Å². The molecule has 0 spiro atoms. The molecule has 4 aliphatic heterocycles. The van der Waals surface area contributed by atoms with Gasteiger partial charge in [-0.1, -0.05) is 18.2 Å². The number of nitrogens with zero attached hydrogens (tertiary/aromatic N) is 2. The summed E-state index contributed by atoms with van der Waals surface area (Å²) in [6.45, 7) is 1.46. The Kier molecular flexibility index (Phi) is 8.16. The first-order valence-corrected chi connectivity index (χ1v) is 16.1. The van der Waals surface area contributed by atoms with E-state index in [2.05, 4.69) is 36.2 Å². The second-order valence-electron chi connectivity index (χ2n) is 12.9. The lowest BCUT2D eigenvalue weighted by Crippen LogP contribution is -2.49. The minimum atomic E-state index is -0.393. The minimum Gasteiger partial charge on any atom is -0.493 e. The van der Waals surface area contributed by atoms with Crippen molar-refractivity contribution in [1.82, 2.24) is 4.90 Å². The largest absolute Gasteiger partial charge is 0.493 e. The van der Waals surface area contributed by atoms with Crippen molar-refractivity contribution in [2.75, 3.05) is 55.6 Å². The molecule has 6 bridgehead atoms. The summed E-state index contributed by atoms with van der Waals surface area (Å²) in [4.78, 5) is 2.40. The molecule has 0 aromatic heterocycles. The van der Waals surface area contributed by atoms with Crippen LogP contribution in [0.15, 0.2) is 60.7 Å². The van der Waals surface area contributed by atoms with Gasteiger partial charge >= 0.3 is 0 Å². The van der Waals surface area contributed by atoms with Crippen molar-refractivity contribution in [3.63, 3.8) is 0 Å². The van der Waals surface area contributed by atoms with Crippen LogP contribution in [0.2, 0.25) is 0 Å². The number of quaternary nitrogens is 1. The van der Waals surface area contributed by atoms with Crippen LogP contribution in [-0.2, 0) is 25.7 Å². The Morgan fingerprint density at radius 1 is 0.745 bits per heavy atom. The van der Waals surface area contributed by atoms with Crippen LogP contribution in [0, 0.1) is 0 Å². The van der Waals surface area contributed by atoms with Crippen LogP contribution in [-0.4, -0.2) is 70.4 Å². The van der Waals surface area contributed by atoms with Crippen molar-refractivity contribution in [1.29, 1.82) is 0 Å². The molecule has 4 aromatic carbocycles. The zero-order valence-electron chi connectivity index (χ0n) is 28.0. The van der Waals surface area contributed by atoms with Crippen molar-refractivity contribution in [3.05, 3.63) is 94.0 Å². The summed E-state index contributed by atoms with van der Waals surface area (Å²) in [5.74, 6) is 4.78. The number of fused-ring (bicyclic) bond motifs is 2. The number of hydroxylamine groups is 3. The first kappa shape index (κ1) is 31.2. The molecule has 3 atom stereocenters. The van der Waals surface area contributed by atoms with Crippen LogP contribution >= 0.6 is 0 Å². The van der Waals surface area contributed by atoms with Crippen LogP contribution in [0.4, 0.5) is 0 Å². The molecule has 0 aliphatic carbocycles. The van der Waals surface area contributed by atoms with Gasteiger partial charge in [-0.15, -0.1) is 0 Å². The fraction of sp³-hybridized carbons (Fsp3) is 0.368. The van der Waals surface area contributed by atoms with E-state index in [1.165, 1.54) is 16.7 Å². The lowest BCUT2D eigenvalue weighted by Gasteiger charge is -2.40. The van der Waals surface area contributed by atoms with Gasteiger partial charge in [0.05, 0.1) is 41.1 Å². The lowest BCUT2D eigenvalue weighted by molar-refractivity contribution is -1.11. The molecule has 9 heteroatoms. The van der Waals surface area contributed by atoms with Gasteiger partial charge < -0.3 is 28.4 Å². The second kappa shape index (κ2) is 12.3. The summed E-state index contributed by atoms with van der Waals surface area (Å²) < 4.78 is 36.7. The number of ether oxygens (including phenoxy) is 6. The molecular weight excluding hydrogens is 596 g/mol. The van der Waals surface area contributed by atoms with E-state index in [0.29, 0.717) is 59.6 Å². The van der Waals surface area contributed by atoms with Crippen LogP contribution in [0.5, 0.6) is 46.0 Å². The molecule has 0 amide bonds. The Bertz CT molecular complexity index is 1800. The molecule has 0 unspecified atom stereocenters. The average Bonchev–Trinajstić information content (AvgIpc) is 3.07. The number of hydrogen-bond acceptors (Lipinski definition) is 8. The second-order valence-corrected chi connectivity index (χ2v) is 12.9. The van der Waals surface area contributed by atoms with Crippen LogP contribution in [0.3, 0.4) is 0 Å². The highest BCUT2D eigenvalue weighted by Gasteiger charge is 2.43. The van der Waals surface area contributed by atoms with Crippen LogP contribution in [0.25, 0.3) is 0 Å². The third-order valence-electron chi connectivity index (χ3n) is 10.1. The molecule has 4 aliphatic rings. The Balaban J connectivity index is 1.49. The van der Waals surface area contributed by atoms with E-state index in [4.69, 9.17) is 28.4 Å². The zero-order chi connectivity index (χ0) is 32.9. The van der Waals surface area contributed by atoms with Gasteiger partial charge in [-0.2, -0.15) is 4.65 Å². The number of hydrogen-bond donors (Lipinski definition) is 1. The number of likely N-dealkylation sites (N-methyl/N-ethyl adjacent to an activating group) is 2. The Morgan fingerprint density at radius 2 is 1.45 bits per heavy atom. The van der Waals surface area contributed by atoms with Crippen molar-refractivity contribution in [3.8, 4) is 46.0 Å². The third-order valence-corrected chi connectivity index (χ3v) is 10.1. The number of rotatable bonds is 4. The Hall–Kier alpha value is -4.44. The maximum absolute atomic E-state index is 12.0. The summed E-state index contributed by atoms with van der Waals surface area (Å²) in [6.07, 6.45) is 2.86. The van der Waals surface area contributed by atoms with Gasteiger partial charge in [0.2, 0.25) is 5.75 Å². The summed E-state index contributed by atoms with van der Waals surface area (Å²) in [7, 11) is 10.6. The quantitative estimate of drug-likeness (QED) is 0.238. The standard InChI is InChI=1S/C38H43N2O7/c1-39-15-13-25-20-32(43-4)34-22-28(25)29(39)17-23-7-10-27(11-8-23)46-33-19-24(9-12-31(33)42-3)18-30-36-26(14-16-40(30,2)41)21-35(44-5)37(45-6)38(36)47-34/h7-12,19-22,29-30,41H,13-18H2,1-6H3/q+1/t29-,30-,40+/m0/s1. The zero-order valence-corrected chi connectivity index (χ0v) is 28.0. The van der Waals surface area contributed by atoms with Gasteiger partial charge in [0.1, 0.15) is 12.3 Å². The van der Waals surface area contributed by atoms with Crippen LogP contribution in [0.1, 0.15) is 45.5 Å². The predicted octanol–water partition coefficient (Wildman–Crippen LogP) is 7.07. The molecule has 47 heavy (non-hydrogen) atoms. The third kappa shape index (κ3) is 5.62. The first-order valence-electron chi connectivity index (χ1n) is 16.1. The molecule has 0 radical (unpaired) electrons. The molecule has 246 valence electrons. The Labute approximate surface area is 276 Å². The molecule has 4 heterocycles. The van der Waals surface area contributed by atoms with Gasteiger partial charge in [0, 0.05) is 25.4 Å². The maximum Gasteiger partial charge on any atom is 0.204 e. The van der Waals surface area contributed by atoms with E-state index in [9.17, 15) is 5.21 Å². The summed E-state index contributed by atoms with van der Waals surface area (Å²) in [6, 6.07) is 20.2. The first-order chi connectivity index (χ1) is 22.7. The number of benzene rings is 4. The van der Waals surface area contributed by atoms with Crippen molar-refractivity contribution < 1.29 is 38.3 Å². The van der Waals surface area contributed by atoms with E-state index in [1.54, 1.807) is 28.4 Å². The molecule has 0 fully saturated rings. The van der Waals surface area contributed by atoms with Crippen molar-refractivity contribution in [2.24, 2.45) is 0 Å². The normalized spacial score (nSPS) is 21.8. The van der Waals surface area contributed by atoms with E-state index >= 15 is 0 Å². The van der Waals surface area contributed by atoms with Gasteiger partial charge in [-0.05, 0) is 90.2 Å². The SMILES string of the molecule is COc1ccc2cc1Oc1ccc(cc1)C[C@H]1c3cc(c(OC)cc3CCN1C)Oc1c(OC)c(OC)cc3c1[C@H](C2)[N@+](C)(O)CC3. The molecule has 0 saturated heterocycles. The molecule has 4 aromatic rings. The summed E-state index contributed by atoms with van der Waals surface area (Å²) >= 11 is 0. The molecule has 1 N–H and O–H groups in total.